The molecule has 1 fully saturated rings. The Balaban J connectivity index is 2.06. The molecule has 3 atom stereocenters. The number of ether oxygens (including phenoxy) is 2. The van der Waals surface area contributed by atoms with Crippen LogP contribution in [-0.4, -0.2) is 64.0 Å². The van der Waals surface area contributed by atoms with Crippen molar-refractivity contribution in [1.29, 1.82) is 0 Å². The number of nitrogens with one attached hydrogen (secondary N) is 2. The smallest absolute Gasteiger partial charge is 0.408 e. The molecule has 11 heteroatoms. The molecule has 0 aliphatic heterocycles. The summed E-state index contributed by atoms with van der Waals surface area (Å²) >= 11 is 0. The van der Waals surface area contributed by atoms with Gasteiger partial charge < -0.3 is 30.7 Å². The van der Waals surface area contributed by atoms with Crippen LogP contribution in [0.5, 0.6) is 0 Å². The zero-order chi connectivity index (χ0) is 34.2. The molecule has 0 radical (unpaired) electrons. The Labute approximate surface area is 271 Å². The van der Waals surface area contributed by atoms with Crippen LogP contribution in [0.1, 0.15) is 90.0 Å². The van der Waals surface area contributed by atoms with E-state index in [1.807, 2.05) is 43.3 Å². The lowest BCUT2D eigenvalue weighted by molar-refractivity contribution is -0.159. The monoisotopic (exact) mass is 636 g/mol. The molecule has 1 aliphatic carbocycles. The third kappa shape index (κ3) is 10.9. The number of hydrogen-bond acceptors (Lipinski definition) is 7. The van der Waals surface area contributed by atoms with E-state index in [1.165, 1.54) is 4.90 Å². The Hall–Kier alpha value is -4.41. The number of nitrogens with zero attached hydrogens (tertiary/aromatic N) is 1. The van der Waals surface area contributed by atoms with Crippen molar-refractivity contribution in [3.05, 3.63) is 71.3 Å². The Bertz CT molecular complexity index is 1390. The summed E-state index contributed by atoms with van der Waals surface area (Å²) in [7, 11) is 0. The minimum absolute atomic E-state index is 0.157. The van der Waals surface area contributed by atoms with E-state index in [0.29, 0.717) is 18.4 Å². The maximum absolute atomic E-state index is 14.5. The Morgan fingerprint density at radius 2 is 1.50 bits per heavy atom. The summed E-state index contributed by atoms with van der Waals surface area (Å²) in [6.07, 6.45) is 0.797. The van der Waals surface area contributed by atoms with Crippen molar-refractivity contribution in [2.45, 2.75) is 116 Å². The average Bonchev–Trinajstić information content (AvgIpc) is 2.89. The number of alkyl carbamates (subject to hydrolysis) is 1. The van der Waals surface area contributed by atoms with Crippen LogP contribution >= 0.6 is 0 Å². The molecule has 3 rings (SSSR count). The first-order valence-corrected chi connectivity index (χ1v) is 15.7. The molecule has 3 unspecified atom stereocenters. The van der Waals surface area contributed by atoms with Crippen LogP contribution in [0.25, 0.3) is 0 Å². The van der Waals surface area contributed by atoms with Crippen LogP contribution < -0.4 is 16.4 Å². The molecule has 0 aromatic heterocycles. The van der Waals surface area contributed by atoms with Gasteiger partial charge in [0, 0.05) is 12.5 Å². The second-order valence-electron chi connectivity index (χ2n) is 13.8. The average molecular weight is 637 g/mol. The summed E-state index contributed by atoms with van der Waals surface area (Å²) in [4.78, 5) is 68.6. The molecule has 0 saturated heterocycles. The van der Waals surface area contributed by atoms with Gasteiger partial charge in [-0.1, -0.05) is 60.2 Å². The quantitative estimate of drug-likeness (QED) is 0.294. The number of nitrogens with two attached hydrogens (primary N) is 1. The molecule has 46 heavy (non-hydrogen) atoms. The number of amides is 4. The zero-order valence-electron chi connectivity index (χ0n) is 27.9. The number of hydrogen-bond donors (Lipinski definition) is 3. The van der Waals surface area contributed by atoms with Gasteiger partial charge in [-0.05, 0) is 78.9 Å². The van der Waals surface area contributed by atoms with E-state index in [4.69, 9.17) is 15.2 Å². The fourth-order valence-electron chi connectivity index (χ4n) is 5.16. The van der Waals surface area contributed by atoms with Gasteiger partial charge >= 0.3 is 12.1 Å². The van der Waals surface area contributed by atoms with Gasteiger partial charge in [0.2, 0.25) is 17.7 Å². The van der Waals surface area contributed by atoms with Crippen LogP contribution in [-0.2, 0) is 35.1 Å². The third-order valence-corrected chi connectivity index (χ3v) is 7.29. The van der Waals surface area contributed by atoms with Gasteiger partial charge in [-0.2, -0.15) is 0 Å². The lowest BCUT2D eigenvalue weighted by atomic mass is 9.87. The number of aryl methyl sites for hydroxylation is 1. The molecular formula is C35H48N4O7. The molecule has 1 saturated carbocycles. The lowest BCUT2D eigenvalue weighted by Gasteiger charge is -2.43. The van der Waals surface area contributed by atoms with Gasteiger partial charge in [0.25, 0.3) is 0 Å². The zero-order valence-corrected chi connectivity index (χ0v) is 27.9. The summed E-state index contributed by atoms with van der Waals surface area (Å²) < 4.78 is 11.0. The molecule has 11 nitrogen and oxygen atoms in total. The van der Waals surface area contributed by atoms with Gasteiger partial charge in [-0.3, -0.25) is 14.4 Å². The van der Waals surface area contributed by atoms with Crippen molar-refractivity contribution in [3.63, 3.8) is 0 Å². The van der Waals surface area contributed by atoms with Crippen LogP contribution in [0.4, 0.5) is 4.79 Å². The molecule has 0 spiro atoms. The van der Waals surface area contributed by atoms with E-state index >= 15 is 0 Å². The third-order valence-electron chi connectivity index (χ3n) is 7.29. The molecule has 4 N–H and O–H groups in total. The maximum atomic E-state index is 14.5. The summed E-state index contributed by atoms with van der Waals surface area (Å²) in [5.41, 5.74) is 6.01. The van der Waals surface area contributed by atoms with Crippen molar-refractivity contribution in [3.8, 4) is 0 Å². The SMILES string of the molecule is Cc1cccc(C(C(=O)NC(Cc2ccccc2)C(=O)OC(C)(C)C)N(C(=O)C(CC(N)=O)NC(=O)OC(C)(C)C)C2CCC2)c1. The molecule has 1 aliphatic rings. The second kappa shape index (κ2) is 15.2. The largest absolute Gasteiger partial charge is 0.458 e. The molecule has 2 aromatic carbocycles. The fraction of sp³-hybridized carbons (Fsp3) is 0.514. The van der Waals surface area contributed by atoms with Crippen LogP contribution in [0, 0.1) is 6.92 Å². The Kier molecular flexibility index (Phi) is 12.0. The Morgan fingerprint density at radius 3 is 2.02 bits per heavy atom. The number of rotatable bonds is 12. The standard InChI is InChI=1S/C35H48N4O7/c1-22-13-11-16-24(19-22)29(30(41)37-27(32(43)45-34(2,3)4)20-23-14-9-8-10-15-23)39(25-17-12-18-25)31(42)26(21-28(36)40)38-33(44)46-35(5,6)7/h8-11,13-16,19,25-27,29H,12,17-18,20-21H2,1-7H3,(H2,36,40)(H,37,41)(H,38,44). The predicted octanol–water partition coefficient (Wildman–Crippen LogP) is 4.26. The van der Waals surface area contributed by atoms with Crippen LogP contribution in [0.2, 0.25) is 0 Å². The van der Waals surface area contributed by atoms with E-state index in [-0.39, 0.29) is 12.5 Å². The van der Waals surface area contributed by atoms with Crippen molar-refractivity contribution < 1.29 is 33.4 Å². The highest BCUT2D eigenvalue weighted by atomic mass is 16.6. The molecule has 0 bridgehead atoms. The maximum Gasteiger partial charge on any atom is 0.408 e. The van der Waals surface area contributed by atoms with Crippen molar-refractivity contribution in [1.82, 2.24) is 15.5 Å². The first-order valence-electron chi connectivity index (χ1n) is 15.7. The van der Waals surface area contributed by atoms with Crippen LogP contribution in [0.15, 0.2) is 54.6 Å². The molecule has 4 amide bonds. The number of carbonyl (C=O) groups is 5. The van der Waals surface area contributed by atoms with Crippen molar-refractivity contribution >= 4 is 29.8 Å². The highest BCUT2D eigenvalue weighted by molar-refractivity contribution is 5.96. The first-order chi connectivity index (χ1) is 21.4. The summed E-state index contributed by atoms with van der Waals surface area (Å²) in [6, 6.07) is 12.4. The van der Waals surface area contributed by atoms with E-state index in [0.717, 1.165) is 17.5 Å². The van der Waals surface area contributed by atoms with Gasteiger partial charge in [0.15, 0.2) is 0 Å². The van der Waals surface area contributed by atoms with Gasteiger partial charge in [0.05, 0.1) is 6.42 Å². The van der Waals surface area contributed by atoms with Gasteiger partial charge in [-0.25, -0.2) is 9.59 Å². The van der Waals surface area contributed by atoms with Crippen molar-refractivity contribution in [2.75, 3.05) is 0 Å². The number of benzene rings is 2. The predicted molar refractivity (Wildman–Crippen MR) is 173 cm³/mol. The van der Waals surface area contributed by atoms with E-state index < -0.39 is 65.5 Å². The molecule has 250 valence electrons. The molecule has 0 heterocycles. The van der Waals surface area contributed by atoms with Crippen molar-refractivity contribution in [2.24, 2.45) is 5.73 Å². The minimum Gasteiger partial charge on any atom is -0.458 e. The highest BCUT2D eigenvalue weighted by Gasteiger charge is 2.43. The first kappa shape index (κ1) is 36.1. The minimum atomic E-state index is -1.39. The molecule has 2 aromatic rings. The fourth-order valence-corrected chi connectivity index (χ4v) is 5.16. The molecular weight excluding hydrogens is 588 g/mol. The number of primary amides is 1. The topological polar surface area (TPSA) is 157 Å². The van der Waals surface area contributed by atoms with E-state index in [1.54, 1.807) is 59.7 Å². The number of esters is 1. The summed E-state index contributed by atoms with van der Waals surface area (Å²) in [5, 5.41) is 5.39. The van der Waals surface area contributed by atoms with E-state index in [2.05, 4.69) is 10.6 Å². The summed E-state index contributed by atoms with van der Waals surface area (Å²) in [5.74, 6) is -2.69. The number of carbonyl (C=O) groups excluding carboxylic acids is 5. The second-order valence-corrected chi connectivity index (χ2v) is 13.8. The van der Waals surface area contributed by atoms with E-state index in [9.17, 15) is 24.0 Å². The summed E-state index contributed by atoms with van der Waals surface area (Å²) in [6.45, 7) is 12.1. The van der Waals surface area contributed by atoms with Crippen LogP contribution in [0.3, 0.4) is 0 Å². The van der Waals surface area contributed by atoms with Gasteiger partial charge in [0.1, 0.15) is 29.3 Å². The normalized spacial score (nSPS) is 15.4. The lowest BCUT2D eigenvalue weighted by Crippen LogP contribution is -2.59. The highest BCUT2D eigenvalue weighted by Crippen LogP contribution is 2.34. The van der Waals surface area contributed by atoms with Gasteiger partial charge in [-0.15, -0.1) is 0 Å². The Morgan fingerprint density at radius 1 is 0.870 bits per heavy atom.